The van der Waals surface area contributed by atoms with E-state index in [0.29, 0.717) is 5.56 Å². The van der Waals surface area contributed by atoms with Crippen LogP contribution in [-0.2, 0) is 11.3 Å². The number of imidazole rings is 1. The van der Waals surface area contributed by atoms with Crippen molar-refractivity contribution in [2.45, 2.75) is 25.4 Å². The van der Waals surface area contributed by atoms with Gasteiger partial charge in [0.2, 0.25) is 0 Å². The Morgan fingerprint density at radius 2 is 1.96 bits per heavy atom. The third-order valence-electron chi connectivity index (χ3n) is 5.41. The summed E-state index contributed by atoms with van der Waals surface area (Å²) in [6.07, 6.45) is 1.72. The van der Waals surface area contributed by atoms with Crippen LogP contribution in [0.1, 0.15) is 34.8 Å². The van der Waals surface area contributed by atoms with E-state index in [1.807, 2.05) is 24.3 Å². The zero-order chi connectivity index (χ0) is 19.7. The van der Waals surface area contributed by atoms with Crippen LogP contribution in [0.2, 0.25) is 5.02 Å². The normalized spacial score (nSPS) is 15.8. The number of ether oxygens (including phenoxy) is 1. The molecule has 2 aromatic carbocycles. The van der Waals surface area contributed by atoms with Crippen molar-refractivity contribution in [1.29, 1.82) is 0 Å². The van der Waals surface area contributed by atoms with Crippen molar-refractivity contribution in [1.82, 2.24) is 14.5 Å². The Hall–Kier alpha value is -2.57. The predicted octanol–water partition coefficient (Wildman–Crippen LogP) is 3.61. The first-order valence-electron chi connectivity index (χ1n) is 9.35. The molecule has 0 amide bonds. The molecule has 2 heterocycles. The minimum atomic E-state index is -0.406. The van der Waals surface area contributed by atoms with Crippen LogP contribution in [0.4, 0.5) is 0 Å². The minimum Gasteiger partial charge on any atom is -0.465 e. The monoisotopic (exact) mass is 399 g/mol. The number of H-pyrrole nitrogens is 1. The Morgan fingerprint density at radius 1 is 1.21 bits per heavy atom. The molecule has 0 atom stereocenters. The van der Waals surface area contributed by atoms with E-state index in [4.69, 9.17) is 16.3 Å². The Bertz CT molecular complexity index is 1060. The lowest BCUT2D eigenvalue weighted by atomic mass is 10.0. The molecule has 0 radical (unpaired) electrons. The lowest BCUT2D eigenvalue weighted by Gasteiger charge is -2.32. The number of aromatic nitrogens is 2. The largest absolute Gasteiger partial charge is 0.465 e. The molecule has 0 unspecified atom stereocenters. The van der Waals surface area contributed by atoms with E-state index in [2.05, 4.69) is 9.88 Å². The highest BCUT2D eigenvalue weighted by atomic mass is 35.5. The summed E-state index contributed by atoms with van der Waals surface area (Å²) < 4.78 is 6.59. The molecule has 0 saturated carbocycles. The number of carbonyl (C=O) groups is 1. The lowest BCUT2D eigenvalue weighted by molar-refractivity contribution is 0.0601. The summed E-state index contributed by atoms with van der Waals surface area (Å²) in [6, 6.07) is 13.1. The molecule has 7 heteroatoms. The van der Waals surface area contributed by atoms with Crippen molar-refractivity contribution in [3.8, 4) is 0 Å². The number of fused-ring (bicyclic) bond motifs is 1. The van der Waals surface area contributed by atoms with Gasteiger partial charge in [0, 0.05) is 30.7 Å². The number of aromatic amines is 1. The van der Waals surface area contributed by atoms with E-state index >= 15 is 0 Å². The highest BCUT2D eigenvalue weighted by molar-refractivity contribution is 6.31. The van der Waals surface area contributed by atoms with Crippen molar-refractivity contribution in [2.24, 2.45) is 0 Å². The third-order valence-corrected chi connectivity index (χ3v) is 5.78. The number of methoxy groups -OCH3 is 1. The van der Waals surface area contributed by atoms with Crippen molar-refractivity contribution in [3.63, 3.8) is 0 Å². The molecular formula is C21H22ClN3O3. The molecule has 28 heavy (non-hydrogen) atoms. The number of halogens is 1. The average molecular weight is 400 g/mol. The summed E-state index contributed by atoms with van der Waals surface area (Å²) in [6.45, 7) is 2.57. The summed E-state index contributed by atoms with van der Waals surface area (Å²) in [5.74, 6) is -0.406. The molecule has 1 saturated heterocycles. The minimum absolute atomic E-state index is 0.0941. The number of hydrogen-bond donors (Lipinski definition) is 1. The standard InChI is InChI=1S/C21H22ClN3O3/c1-28-20(26)14-6-7-18-19(12-14)25(21(27)23-18)16-8-10-24(11-9-16)13-15-4-2-3-5-17(15)22/h2-7,12,16H,8-11,13H2,1H3,(H,23,27). The van der Waals surface area contributed by atoms with Crippen molar-refractivity contribution >= 4 is 28.6 Å². The Morgan fingerprint density at radius 3 is 2.68 bits per heavy atom. The van der Waals surface area contributed by atoms with Crippen LogP contribution in [0.5, 0.6) is 0 Å². The molecule has 3 aromatic rings. The van der Waals surface area contributed by atoms with Crippen molar-refractivity contribution in [3.05, 3.63) is 69.1 Å². The van der Waals surface area contributed by atoms with Gasteiger partial charge in [-0.05, 0) is 42.7 Å². The summed E-state index contributed by atoms with van der Waals surface area (Å²) >= 11 is 6.28. The summed E-state index contributed by atoms with van der Waals surface area (Å²) in [4.78, 5) is 29.7. The van der Waals surface area contributed by atoms with Crippen LogP contribution < -0.4 is 5.69 Å². The molecule has 146 valence electrons. The van der Waals surface area contributed by atoms with Crippen molar-refractivity contribution in [2.75, 3.05) is 20.2 Å². The molecule has 1 aromatic heterocycles. The quantitative estimate of drug-likeness (QED) is 0.680. The zero-order valence-corrected chi connectivity index (χ0v) is 16.4. The van der Waals surface area contributed by atoms with Crippen LogP contribution in [0.15, 0.2) is 47.3 Å². The number of piperidine rings is 1. The number of nitrogens with one attached hydrogen (secondary N) is 1. The fraction of sp³-hybridized carbons (Fsp3) is 0.333. The molecule has 1 fully saturated rings. The van der Waals surface area contributed by atoms with E-state index in [-0.39, 0.29) is 11.7 Å². The van der Waals surface area contributed by atoms with Crippen LogP contribution in [-0.4, -0.2) is 40.6 Å². The second-order valence-electron chi connectivity index (χ2n) is 7.12. The second kappa shape index (κ2) is 7.81. The summed E-state index contributed by atoms with van der Waals surface area (Å²) in [7, 11) is 1.35. The smallest absolute Gasteiger partial charge is 0.337 e. The third kappa shape index (κ3) is 3.57. The fourth-order valence-corrected chi connectivity index (χ4v) is 4.13. The first-order valence-corrected chi connectivity index (χ1v) is 9.73. The lowest BCUT2D eigenvalue weighted by Crippen LogP contribution is -2.36. The molecule has 4 rings (SSSR count). The van der Waals surface area contributed by atoms with Crippen molar-refractivity contribution < 1.29 is 9.53 Å². The number of benzene rings is 2. The number of esters is 1. The van der Waals surface area contributed by atoms with Gasteiger partial charge in [0.05, 0.1) is 23.7 Å². The molecule has 6 nitrogen and oxygen atoms in total. The number of likely N-dealkylation sites (tertiary alicyclic amines) is 1. The van der Waals surface area contributed by atoms with Gasteiger partial charge in [-0.2, -0.15) is 0 Å². The van der Waals surface area contributed by atoms with Gasteiger partial charge in [-0.3, -0.25) is 9.47 Å². The summed E-state index contributed by atoms with van der Waals surface area (Å²) in [5.41, 5.74) is 2.91. The van der Waals surface area contributed by atoms with Gasteiger partial charge in [-0.1, -0.05) is 29.8 Å². The SMILES string of the molecule is COC(=O)c1ccc2[nH]c(=O)n(C3CCN(Cc4ccccc4Cl)CC3)c2c1. The van der Waals surface area contributed by atoms with E-state index in [1.165, 1.54) is 7.11 Å². The molecular weight excluding hydrogens is 378 g/mol. The number of nitrogens with zero attached hydrogens (tertiary/aromatic N) is 2. The molecule has 0 spiro atoms. The Labute approximate surface area is 167 Å². The van der Waals surface area contributed by atoms with Crippen LogP contribution in [0.3, 0.4) is 0 Å². The van der Waals surface area contributed by atoms with Gasteiger partial charge in [-0.15, -0.1) is 0 Å². The van der Waals surface area contributed by atoms with E-state index in [9.17, 15) is 9.59 Å². The van der Waals surface area contributed by atoms with Crippen LogP contribution in [0.25, 0.3) is 11.0 Å². The molecule has 1 aliphatic heterocycles. The Balaban J connectivity index is 1.53. The van der Waals surface area contributed by atoms with Gasteiger partial charge in [0.15, 0.2) is 0 Å². The fourth-order valence-electron chi connectivity index (χ4n) is 3.93. The number of carbonyl (C=O) groups excluding carboxylic acids is 1. The van der Waals surface area contributed by atoms with Crippen LogP contribution >= 0.6 is 11.6 Å². The second-order valence-corrected chi connectivity index (χ2v) is 7.53. The van der Waals surface area contributed by atoms with Gasteiger partial charge in [0.25, 0.3) is 0 Å². The maximum absolute atomic E-state index is 12.6. The van der Waals surface area contributed by atoms with Gasteiger partial charge < -0.3 is 9.72 Å². The average Bonchev–Trinajstić information content (AvgIpc) is 3.04. The highest BCUT2D eigenvalue weighted by Gasteiger charge is 2.24. The topological polar surface area (TPSA) is 67.3 Å². The van der Waals surface area contributed by atoms with Gasteiger partial charge in [0.1, 0.15) is 0 Å². The maximum atomic E-state index is 12.6. The molecule has 0 bridgehead atoms. The van der Waals surface area contributed by atoms with E-state index in [0.717, 1.165) is 54.1 Å². The first-order chi connectivity index (χ1) is 13.6. The van der Waals surface area contributed by atoms with E-state index in [1.54, 1.807) is 22.8 Å². The first kappa shape index (κ1) is 18.8. The molecule has 0 aliphatic carbocycles. The van der Waals surface area contributed by atoms with Gasteiger partial charge in [-0.25, -0.2) is 9.59 Å². The zero-order valence-electron chi connectivity index (χ0n) is 15.7. The molecule has 1 aliphatic rings. The Kier molecular flexibility index (Phi) is 5.24. The maximum Gasteiger partial charge on any atom is 0.337 e. The van der Waals surface area contributed by atoms with Crippen LogP contribution in [0, 0.1) is 0 Å². The van der Waals surface area contributed by atoms with Gasteiger partial charge >= 0.3 is 11.7 Å². The highest BCUT2D eigenvalue weighted by Crippen LogP contribution is 2.27. The molecule has 1 N–H and O–H groups in total. The predicted molar refractivity (Wildman–Crippen MR) is 109 cm³/mol. The summed E-state index contributed by atoms with van der Waals surface area (Å²) in [5, 5.41) is 0.785. The number of hydrogen-bond acceptors (Lipinski definition) is 4. The number of rotatable bonds is 4. The van der Waals surface area contributed by atoms with E-state index < -0.39 is 5.97 Å².